The van der Waals surface area contributed by atoms with Crippen molar-refractivity contribution in [2.45, 2.75) is 39.7 Å². The summed E-state index contributed by atoms with van der Waals surface area (Å²) in [5.41, 5.74) is 3.94. The zero-order valence-electron chi connectivity index (χ0n) is 12.2. The Morgan fingerprint density at radius 2 is 1.94 bits per heavy atom. The van der Waals surface area contributed by atoms with Crippen LogP contribution in [-0.4, -0.2) is 14.2 Å². The molecule has 1 fully saturated rings. The van der Waals surface area contributed by atoms with Gasteiger partial charge >= 0.3 is 0 Å². The molecule has 2 nitrogen and oxygen atoms in total. The molecule has 1 N–H and O–H groups in total. The van der Waals surface area contributed by atoms with Crippen LogP contribution in [0.4, 0.5) is 0 Å². The summed E-state index contributed by atoms with van der Waals surface area (Å²) in [6, 6.07) is 4.79. The Morgan fingerprint density at radius 3 is 2.44 bits per heavy atom. The van der Waals surface area contributed by atoms with Crippen molar-refractivity contribution in [3.05, 3.63) is 28.8 Å². The van der Waals surface area contributed by atoms with E-state index < -0.39 is 0 Å². The topological polar surface area (TPSA) is 21.3 Å². The Bertz CT molecular complexity index is 423. The monoisotopic (exact) mass is 247 g/mol. The maximum Gasteiger partial charge on any atom is 0.124 e. The van der Waals surface area contributed by atoms with Gasteiger partial charge in [-0.05, 0) is 62.8 Å². The van der Waals surface area contributed by atoms with Crippen LogP contribution in [0.15, 0.2) is 12.1 Å². The van der Waals surface area contributed by atoms with E-state index in [9.17, 15) is 0 Å². The van der Waals surface area contributed by atoms with Gasteiger partial charge in [0.15, 0.2) is 0 Å². The van der Waals surface area contributed by atoms with Gasteiger partial charge in [0.25, 0.3) is 0 Å². The number of ether oxygens (including phenoxy) is 1. The van der Waals surface area contributed by atoms with Gasteiger partial charge in [0.1, 0.15) is 5.75 Å². The van der Waals surface area contributed by atoms with E-state index in [4.69, 9.17) is 4.74 Å². The molecule has 0 spiro atoms. The van der Waals surface area contributed by atoms with Gasteiger partial charge in [-0.15, -0.1) is 0 Å². The summed E-state index contributed by atoms with van der Waals surface area (Å²) >= 11 is 0. The van der Waals surface area contributed by atoms with Gasteiger partial charge in [0, 0.05) is 11.6 Å². The summed E-state index contributed by atoms with van der Waals surface area (Å²) in [6.45, 7) is 6.67. The molecule has 1 aliphatic rings. The van der Waals surface area contributed by atoms with Crippen LogP contribution in [0.25, 0.3) is 0 Å². The number of nitrogens with one attached hydrogen (secondary N) is 1. The van der Waals surface area contributed by atoms with E-state index >= 15 is 0 Å². The third-order valence-electron chi connectivity index (χ3n) is 4.23. The van der Waals surface area contributed by atoms with Crippen LogP contribution in [-0.2, 0) is 0 Å². The van der Waals surface area contributed by atoms with Crippen molar-refractivity contribution in [2.75, 3.05) is 14.2 Å². The van der Waals surface area contributed by atoms with E-state index in [1.807, 2.05) is 0 Å². The molecule has 0 heterocycles. The van der Waals surface area contributed by atoms with Crippen LogP contribution in [0.2, 0.25) is 0 Å². The van der Waals surface area contributed by atoms with E-state index in [2.05, 4.69) is 45.3 Å². The van der Waals surface area contributed by atoms with Crippen LogP contribution in [0, 0.1) is 25.7 Å². The molecule has 1 saturated carbocycles. The zero-order chi connectivity index (χ0) is 13.3. The molecule has 0 amide bonds. The average molecular weight is 247 g/mol. The number of methoxy groups -OCH3 is 1. The Hall–Kier alpha value is -1.02. The van der Waals surface area contributed by atoms with Crippen molar-refractivity contribution in [3.8, 4) is 5.75 Å². The van der Waals surface area contributed by atoms with Crippen LogP contribution in [0.5, 0.6) is 5.75 Å². The lowest BCUT2D eigenvalue weighted by molar-refractivity contribution is 0.345. The quantitative estimate of drug-likeness (QED) is 0.858. The van der Waals surface area contributed by atoms with Crippen molar-refractivity contribution in [3.63, 3.8) is 0 Å². The van der Waals surface area contributed by atoms with Gasteiger partial charge in [0.05, 0.1) is 7.11 Å². The summed E-state index contributed by atoms with van der Waals surface area (Å²) in [5, 5.41) is 3.49. The number of aryl methyl sites for hydroxylation is 2. The minimum Gasteiger partial charge on any atom is -0.496 e. The standard InChI is InChI=1S/C16H25NO/c1-10-8-11(2)15(14(9-10)18-5)16(17-4)12(3)13-6-7-13/h8-9,12-13,16-17H,6-7H2,1-5H3. The first-order chi connectivity index (χ1) is 8.58. The maximum atomic E-state index is 5.60. The van der Waals surface area contributed by atoms with Crippen molar-refractivity contribution >= 4 is 0 Å². The molecule has 2 rings (SSSR count). The third kappa shape index (κ3) is 2.54. The van der Waals surface area contributed by atoms with E-state index in [0.717, 1.165) is 11.7 Å². The fourth-order valence-corrected chi connectivity index (χ4v) is 3.07. The third-order valence-corrected chi connectivity index (χ3v) is 4.23. The van der Waals surface area contributed by atoms with Crippen LogP contribution in [0.1, 0.15) is 42.5 Å². The summed E-state index contributed by atoms with van der Waals surface area (Å²) in [6.07, 6.45) is 2.76. The number of rotatable bonds is 5. The van der Waals surface area contributed by atoms with Gasteiger partial charge in [-0.25, -0.2) is 0 Å². The van der Waals surface area contributed by atoms with Crippen LogP contribution < -0.4 is 10.1 Å². The normalized spacial score (nSPS) is 18.5. The van der Waals surface area contributed by atoms with E-state index in [0.29, 0.717) is 12.0 Å². The van der Waals surface area contributed by atoms with Gasteiger partial charge < -0.3 is 10.1 Å². The van der Waals surface area contributed by atoms with Gasteiger partial charge in [0.2, 0.25) is 0 Å². The number of hydrogen-bond acceptors (Lipinski definition) is 2. The lowest BCUT2D eigenvalue weighted by Crippen LogP contribution is -2.26. The first-order valence-corrected chi connectivity index (χ1v) is 6.90. The van der Waals surface area contributed by atoms with Crippen LogP contribution in [0.3, 0.4) is 0 Å². The molecule has 0 bridgehead atoms. The van der Waals surface area contributed by atoms with Crippen molar-refractivity contribution in [1.29, 1.82) is 0 Å². The fraction of sp³-hybridized carbons (Fsp3) is 0.625. The highest BCUT2D eigenvalue weighted by Crippen LogP contribution is 2.45. The summed E-state index contributed by atoms with van der Waals surface area (Å²) < 4.78 is 5.60. The molecule has 0 aromatic heterocycles. The summed E-state index contributed by atoms with van der Waals surface area (Å²) in [4.78, 5) is 0. The number of benzene rings is 1. The van der Waals surface area contributed by atoms with Crippen molar-refractivity contribution in [1.82, 2.24) is 5.32 Å². The van der Waals surface area contributed by atoms with E-state index in [-0.39, 0.29) is 0 Å². The SMILES string of the molecule is CNC(c1c(C)cc(C)cc1OC)C(C)C1CC1. The Kier molecular flexibility index (Phi) is 3.96. The predicted octanol–water partition coefficient (Wildman–Crippen LogP) is 3.62. The average Bonchev–Trinajstić information content (AvgIpc) is 3.15. The minimum atomic E-state index is 0.396. The zero-order valence-corrected chi connectivity index (χ0v) is 12.2. The largest absolute Gasteiger partial charge is 0.496 e. The molecule has 0 saturated heterocycles. The molecule has 2 atom stereocenters. The smallest absolute Gasteiger partial charge is 0.124 e. The molecular weight excluding hydrogens is 222 g/mol. The molecule has 18 heavy (non-hydrogen) atoms. The van der Waals surface area contributed by atoms with Crippen molar-refractivity contribution in [2.24, 2.45) is 11.8 Å². The van der Waals surface area contributed by atoms with E-state index in [1.54, 1.807) is 7.11 Å². The lowest BCUT2D eigenvalue weighted by Gasteiger charge is -2.27. The first-order valence-electron chi connectivity index (χ1n) is 6.90. The molecule has 2 heteroatoms. The highest BCUT2D eigenvalue weighted by atomic mass is 16.5. The summed E-state index contributed by atoms with van der Waals surface area (Å²) in [7, 11) is 3.83. The minimum absolute atomic E-state index is 0.396. The Morgan fingerprint density at radius 1 is 1.28 bits per heavy atom. The summed E-state index contributed by atoms with van der Waals surface area (Å²) in [5.74, 6) is 2.58. The van der Waals surface area contributed by atoms with Gasteiger partial charge in [-0.1, -0.05) is 13.0 Å². The van der Waals surface area contributed by atoms with Crippen molar-refractivity contribution < 1.29 is 4.74 Å². The molecule has 0 aliphatic heterocycles. The Balaban J connectivity index is 2.39. The van der Waals surface area contributed by atoms with Crippen LogP contribution >= 0.6 is 0 Å². The van der Waals surface area contributed by atoms with Gasteiger partial charge in [-0.2, -0.15) is 0 Å². The number of hydrogen-bond donors (Lipinski definition) is 1. The first kappa shape index (κ1) is 13.4. The Labute approximate surface area is 111 Å². The molecule has 2 unspecified atom stereocenters. The molecule has 1 aliphatic carbocycles. The predicted molar refractivity (Wildman–Crippen MR) is 76.2 cm³/mol. The second kappa shape index (κ2) is 5.31. The van der Waals surface area contributed by atoms with Gasteiger partial charge in [-0.3, -0.25) is 0 Å². The highest BCUT2D eigenvalue weighted by Gasteiger charge is 2.35. The molecule has 1 aromatic carbocycles. The molecule has 0 radical (unpaired) electrons. The molecular formula is C16H25NO. The molecule has 100 valence electrons. The second-order valence-corrected chi connectivity index (χ2v) is 5.66. The maximum absolute atomic E-state index is 5.60. The lowest BCUT2D eigenvalue weighted by atomic mass is 9.87. The van der Waals surface area contributed by atoms with E-state index in [1.165, 1.54) is 29.5 Å². The molecule has 1 aromatic rings. The fourth-order valence-electron chi connectivity index (χ4n) is 3.07. The highest BCUT2D eigenvalue weighted by molar-refractivity contribution is 5.45. The second-order valence-electron chi connectivity index (χ2n) is 5.66.